The van der Waals surface area contributed by atoms with E-state index in [1.165, 1.54) is 17.0 Å². The number of carbonyl (C=O) groups excluding carboxylic acids is 2. The van der Waals surface area contributed by atoms with Crippen LogP contribution in [0.1, 0.15) is 33.6 Å². The molecule has 0 bridgehead atoms. The van der Waals surface area contributed by atoms with Crippen LogP contribution in [0.5, 0.6) is 0 Å². The second kappa shape index (κ2) is 6.91. The van der Waals surface area contributed by atoms with Crippen LogP contribution in [0.2, 0.25) is 0 Å². The van der Waals surface area contributed by atoms with Crippen molar-refractivity contribution in [1.29, 1.82) is 0 Å². The fourth-order valence-corrected chi connectivity index (χ4v) is 3.05. The van der Waals surface area contributed by atoms with Crippen LogP contribution in [-0.4, -0.2) is 29.7 Å². The first-order valence-electron chi connectivity index (χ1n) is 7.90. The highest BCUT2D eigenvalue weighted by Crippen LogP contribution is 2.23. The number of hydrogen-bond acceptors (Lipinski definition) is 2. The summed E-state index contributed by atoms with van der Waals surface area (Å²) in [5.74, 6) is -3.10. The molecular weight excluding hydrogens is 312 g/mol. The topological polar surface area (TPSA) is 37.4 Å². The Balaban J connectivity index is 1.77. The molecule has 2 aromatic carbocycles. The zero-order valence-electron chi connectivity index (χ0n) is 13.0. The first-order chi connectivity index (χ1) is 11.6. The third-order valence-electron chi connectivity index (χ3n) is 4.32. The Morgan fingerprint density at radius 2 is 1.75 bits per heavy atom. The van der Waals surface area contributed by atoms with E-state index in [0.29, 0.717) is 24.9 Å². The molecule has 1 heterocycles. The van der Waals surface area contributed by atoms with Crippen molar-refractivity contribution in [2.75, 3.05) is 13.1 Å². The number of carbonyl (C=O) groups is 2. The predicted molar refractivity (Wildman–Crippen MR) is 85.8 cm³/mol. The molecule has 0 spiro atoms. The lowest BCUT2D eigenvalue weighted by Crippen LogP contribution is -2.42. The smallest absolute Gasteiger partial charge is 0.256 e. The second-order valence-corrected chi connectivity index (χ2v) is 5.92. The van der Waals surface area contributed by atoms with Crippen molar-refractivity contribution in [3.63, 3.8) is 0 Å². The SMILES string of the molecule is O=C(c1ccccc1)[C@H]1CCCN(C(=O)c2cccc(F)c2F)C1. The Bertz CT molecular complexity index is 761. The summed E-state index contributed by atoms with van der Waals surface area (Å²) in [4.78, 5) is 26.5. The van der Waals surface area contributed by atoms with E-state index in [-0.39, 0.29) is 23.8 Å². The number of piperidine rings is 1. The average Bonchev–Trinajstić information content (AvgIpc) is 2.63. The number of ketones is 1. The van der Waals surface area contributed by atoms with Crippen LogP contribution >= 0.6 is 0 Å². The summed E-state index contributed by atoms with van der Waals surface area (Å²) in [6.45, 7) is 0.663. The third-order valence-corrected chi connectivity index (χ3v) is 4.32. The van der Waals surface area contributed by atoms with Gasteiger partial charge in [0, 0.05) is 24.6 Å². The molecule has 0 aliphatic carbocycles. The van der Waals surface area contributed by atoms with Crippen molar-refractivity contribution in [2.24, 2.45) is 5.92 Å². The molecule has 1 saturated heterocycles. The van der Waals surface area contributed by atoms with Crippen LogP contribution in [0.4, 0.5) is 8.78 Å². The van der Waals surface area contributed by atoms with Crippen LogP contribution in [0.3, 0.4) is 0 Å². The monoisotopic (exact) mass is 329 g/mol. The minimum atomic E-state index is -1.14. The molecule has 2 aromatic rings. The van der Waals surface area contributed by atoms with Crippen molar-refractivity contribution in [3.8, 4) is 0 Å². The van der Waals surface area contributed by atoms with Gasteiger partial charge in [-0.05, 0) is 25.0 Å². The predicted octanol–water partition coefficient (Wildman–Crippen LogP) is 3.70. The zero-order valence-corrected chi connectivity index (χ0v) is 13.0. The number of halogens is 2. The van der Waals surface area contributed by atoms with E-state index >= 15 is 0 Å². The lowest BCUT2D eigenvalue weighted by molar-refractivity contribution is 0.0632. The number of rotatable bonds is 3. The van der Waals surface area contributed by atoms with Crippen LogP contribution in [0.25, 0.3) is 0 Å². The molecule has 0 aromatic heterocycles. The highest BCUT2D eigenvalue weighted by Gasteiger charge is 2.30. The van der Waals surface area contributed by atoms with Gasteiger partial charge in [-0.1, -0.05) is 36.4 Å². The van der Waals surface area contributed by atoms with Gasteiger partial charge in [-0.2, -0.15) is 0 Å². The quantitative estimate of drug-likeness (QED) is 0.805. The lowest BCUT2D eigenvalue weighted by atomic mass is 9.89. The maximum atomic E-state index is 13.8. The number of amides is 1. The van der Waals surface area contributed by atoms with Gasteiger partial charge in [-0.25, -0.2) is 8.78 Å². The van der Waals surface area contributed by atoms with Gasteiger partial charge in [0.2, 0.25) is 0 Å². The Hall–Kier alpha value is -2.56. The van der Waals surface area contributed by atoms with E-state index in [9.17, 15) is 18.4 Å². The minimum absolute atomic E-state index is 0.0205. The molecule has 0 N–H and O–H groups in total. The van der Waals surface area contributed by atoms with Crippen molar-refractivity contribution in [2.45, 2.75) is 12.8 Å². The summed E-state index contributed by atoms with van der Waals surface area (Å²) in [6, 6.07) is 12.5. The molecule has 1 atom stereocenters. The number of nitrogens with zero attached hydrogens (tertiary/aromatic N) is 1. The van der Waals surface area contributed by atoms with Gasteiger partial charge in [0.1, 0.15) is 0 Å². The molecule has 5 heteroatoms. The van der Waals surface area contributed by atoms with Gasteiger partial charge in [-0.15, -0.1) is 0 Å². The Labute approximate surface area is 138 Å². The molecule has 24 heavy (non-hydrogen) atoms. The van der Waals surface area contributed by atoms with Crippen molar-refractivity contribution in [1.82, 2.24) is 4.90 Å². The van der Waals surface area contributed by atoms with Gasteiger partial charge in [-0.3, -0.25) is 9.59 Å². The van der Waals surface area contributed by atoms with E-state index < -0.39 is 17.5 Å². The molecule has 0 unspecified atom stereocenters. The summed E-state index contributed by atoms with van der Waals surface area (Å²) >= 11 is 0. The number of benzene rings is 2. The molecule has 124 valence electrons. The van der Waals surface area contributed by atoms with Gasteiger partial charge < -0.3 is 4.90 Å². The van der Waals surface area contributed by atoms with E-state index in [1.54, 1.807) is 24.3 Å². The van der Waals surface area contributed by atoms with Crippen LogP contribution in [-0.2, 0) is 0 Å². The molecule has 0 radical (unpaired) electrons. The Kier molecular flexibility index (Phi) is 4.69. The largest absolute Gasteiger partial charge is 0.338 e. The summed E-state index contributed by atoms with van der Waals surface area (Å²) < 4.78 is 27.2. The fraction of sp³-hybridized carbons (Fsp3) is 0.263. The molecule has 0 saturated carbocycles. The minimum Gasteiger partial charge on any atom is -0.338 e. The van der Waals surface area contributed by atoms with E-state index in [4.69, 9.17) is 0 Å². The van der Waals surface area contributed by atoms with Crippen LogP contribution < -0.4 is 0 Å². The molecule has 3 rings (SSSR count). The maximum Gasteiger partial charge on any atom is 0.256 e. The average molecular weight is 329 g/mol. The summed E-state index contributed by atoms with van der Waals surface area (Å²) in [6.07, 6.45) is 1.34. The molecular formula is C19H17F2NO2. The fourth-order valence-electron chi connectivity index (χ4n) is 3.05. The van der Waals surface area contributed by atoms with Crippen molar-refractivity contribution >= 4 is 11.7 Å². The Morgan fingerprint density at radius 1 is 1.00 bits per heavy atom. The standard InChI is InChI=1S/C19H17F2NO2/c20-16-10-4-9-15(17(16)21)19(24)22-11-5-8-14(12-22)18(23)13-6-2-1-3-7-13/h1-4,6-7,9-10,14H,5,8,11-12H2/t14-/m0/s1. The van der Waals surface area contributed by atoms with Gasteiger partial charge in [0.15, 0.2) is 17.4 Å². The van der Waals surface area contributed by atoms with E-state index in [1.807, 2.05) is 6.07 Å². The summed E-state index contributed by atoms with van der Waals surface area (Å²) in [5, 5.41) is 0. The second-order valence-electron chi connectivity index (χ2n) is 5.92. The third kappa shape index (κ3) is 3.20. The number of hydrogen-bond donors (Lipinski definition) is 0. The van der Waals surface area contributed by atoms with Crippen molar-refractivity contribution in [3.05, 3.63) is 71.3 Å². The highest BCUT2D eigenvalue weighted by atomic mass is 19.2. The molecule has 1 aliphatic heterocycles. The van der Waals surface area contributed by atoms with Gasteiger partial charge >= 0.3 is 0 Å². The molecule has 1 amide bonds. The Morgan fingerprint density at radius 3 is 2.50 bits per heavy atom. The maximum absolute atomic E-state index is 13.8. The molecule has 1 aliphatic rings. The normalized spacial score (nSPS) is 17.6. The van der Waals surface area contributed by atoms with E-state index in [2.05, 4.69) is 0 Å². The lowest BCUT2D eigenvalue weighted by Gasteiger charge is -2.32. The number of likely N-dealkylation sites (tertiary alicyclic amines) is 1. The first-order valence-corrected chi connectivity index (χ1v) is 7.90. The van der Waals surface area contributed by atoms with Crippen LogP contribution in [0, 0.1) is 17.6 Å². The zero-order chi connectivity index (χ0) is 17.1. The highest BCUT2D eigenvalue weighted by molar-refractivity contribution is 5.99. The summed E-state index contributed by atoms with van der Waals surface area (Å²) in [5.41, 5.74) is 0.316. The summed E-state index contributed by atoms with van der Waals surface area (Å²) in [7, 11) is 0. The number of Topliss-reactive ketones (excluding diaryl/α,β-unsaturated/α-hetero) is 1. The molecule has 3 nitrogen and oxygen atoms in total. The van der Waals surface area contributed by atoms with Gasteiger partial charge in [0.25, 0.3) is 5.91 Å². The first kappa shape index (κ1) is 16.3. The molecule has 1 fully saturated rings. The van der Waals surface area contributed by atoms with Gasteiger partial charge in [0.05, 0.1) is 5.56 Å². The van der Waals surface area contributed by atoms with E-state index in [0.717, 1.165) is 6.07 Å². The van der Waals surface area contributed by atoms with Crippen LogP contribution in [0.15, 0.2) is 48.5 Å². The van der Waals surface area contributed by atoms with Crippen molar-refractivity contribution < 1.29 is 18.4 Å².